The first-order valence-electron chi connectivity index (χ1n) is 7.96. The van der Waals surface area contributed by atoms with E-state index in [1.165, 1.54) is 25.3 Å². The van der Waals surface area contributed by atoms with Crippen molar-refractivity contribution in [2.75, 3.05) is 18.4 Å². The Labute approximate surface area is 153 Å². The fourth-order valence-electron chi connectivity index (χ4n) is 2.11. The first kappa shape index (κ1) is 19.7. The zero-order chi connectivity index (χ0) is 19.4. The minimum absolute atomic E-state index is 0.00785. The van der Waals surface area contributed by atoms with Crippen LogP contribution in [0, 0.1) is 0 Å². The van der Waals surface area contributed by atoms with Crippen LogP contribution >= 0.6 is 0 Å². The molecule has 0 bridgehead atoms. The van der Waals surface area contributed by atoms with Gasteiger partial charge in [0.1, 0.15) is 5.75 Å². The molecule has 0 heterocycles. The first-order chi connectivity index (χ1) is 12.2. The number of carbonyl (C=O) groups excluding carboxylic acids is 1. The lowest BCUT2D eigenvalue weighted by molar-refractivity contribution is 0.0915. The Hall–Kier alpha value is -2.58. The van der Waals surface area contributed by atoms with Gasteiger partial charge in [-0.15, -0.1) is 0 Å². The van der Waals surface area contributed by atoms with Crippen LogP contribution in [-0.4, -0.2) is 33.5 Å². The summed E-state index contributed by atoms with van der Waals surface area (Å²) in [6.07, 6.45) is 0. The number of carbonyl (C=O) groups is 1. The Bertz CT molecular complexity index is 878. The summed E-state index contributed by atoms with van der Waals surface area (Å²) in [6.45, 7) is 3.84. The van der Waals surface area contributed by atoms with E-state index in [1.54, 1.807) is 44.2 Å². The van der Waals surface area contributed by atoms with Crippen LogP contribution in [0.1, 0.15) is 24.2 Å². The summed E-state index contributed by atoms with van der Waals surface area (Å²) in [6, 6.07) is 12.3. The third-order valence-corrected chi connectivity index (χ3v) is 5.09. The fourth-order valence-corrected chi connectivity index (χ4v) is 3.21. The highest BCUT2D eigenvalue weighted by molar-refractivity contribution is 7.92. The molecule has 0 aliphatic carbocycles. The molecule has 0 saturated heterocycles. The zero-order valence-corrected chi connectivity index (χ0v) is 15.8. The summed E-state index contributed by atoms with van der Waals surface area (Å²) in [7, 11) is -2.30. The van der Waals surface area contributed by atoms with Crippen LogP contribution in [0.3, 0.4) is 0 Å². The number of methoxy groups -OCH3 is 1. The quantitative estimate of drug-likeness (QED) is 0.683. The molecule has 0 aliphatic heterocycles. The second-order valence-corrected chi connectivity index (χ2v) is 8.09. The number of hydrogen-bond acceptors (Lipinski definition) is 5. The molecular weight excluding hydrogens is 354 g/mol. The third kappa shape index (κ3) is 4.96. The predicted octanol–water partition coefficient (Wildman–Crippen LogP) is 1.96. The Morgan fingerprint density at radius 3 is 2.38 bits per heavy atom. The van der Waals surface area contributed by atoms with Crippen molar-refractivity contribution in [3.8, 4) is 5.75 Å². The van der Waals surface area contributed by atoms with Gasteiger partial charge >= 0.3 is 0 Å². The normalized spacial score (nSPS) is 11.7. The molecule has 0 spiro atoms. The highest BCUT2D eigenvalue weighted by Gasteiger charge is 2.21. The largest absolute Gasteiger partial charge is 0.497 e. The average Bonchev–Trinajstić information content (AvgIpc) is 2.62. The molecular formula is C18H23N3O4S. The molecule has 0 aliphatic rings. The van der Waals surface area contributed by atoms with E-state index in [2.05, 4.69) is 10.0 Å². The minimum atomic E-state index is -3.83. The number of benzene rings is 2. The van der Waals surface area contributed by atoms with Crippen molar-refractivity contribution >= 4 is 21.6 Å². The number of amides is 1. The Balaban J connectivity index is 2.23. The number of nitrogens with one attached hydrogen (secondary N) is 2. The first-order valence-corrected chi connectivity index (χ1v) is 9.45. The summed E-state index contributed by atoms with van der Waals surface area (Å²) in [5.74, 6) is 0.232. The molecule has 26 heavy (non-hydrogen) atoms. The van der Waals surface area contributed by atoms with Crippen LogP contribution in [0.15, 0.2) is 53.4 Å². The van der Waals surface area contributed by atoms with Gasteiger partial charge in [-0.3, -0.25) is 9.52 Å². The van der Waals surface area contributed by atoms with Crippen molar-refractivity contribution in [3.05, 3.63) is 54.1 Å². The third-order valence-electron chi connectivity index (χ3n) is 3.71. The molecule has 8 heteroatoms. The number of nitrogens with two attached hydrogens (primary N) is 1. The highest BCUT2D eigenvalue weighted by Crippen LogP contribution is 2.20. The topological polar surface area (TPSA) is 111 Å². The predicted molar refractivity (Wildman–Crippen MR) is 101 cm³/mol. The molecule has 0 fully saturated rings. The molecule has 0 saturated carbocycles. The van der Waals surface area contributed by atoms with Gasteiger partial charge in [0.05, 0.1) is 12.0 Å². The lowest BCUT2D eigenvalue weighted by Gasteiger charge is -2.24. The van der Waals surface area contributed by atoms with Gasteiger partial charge in [-0.1, -0.05) is 6.07 Å². The number of rotatable bonds is 7. The smallest absolute Gasteiger partial charge is 0.261 e. The second-order valence-electron chi connectivity index (χ2n) is 6.40. The second kappa shape index (κ2) is 7.76. The SMILES string of the molecule is COc1ccc(NS(=O)(=O)c2cccc(C(=O)NC(C)(C)CN)c2)cc1. The van der Waals surface area contributed by atoms with E-state index >= 15 is 0 Å². The number of ether oxygens (including phenoxy) is 1. The van der Waals surface area contributed by atoms with Gasteiger partial charge in [-0.2, -0.15) is 0 Å². The number of sulfonamides is 1. The van der Waals surface area contributed by atoms with E-state index in [4.69, 9.17) is 10.5 Å². The van der Waals surface area contributed by atoms with Crippen LogP contribution in [0.25, 0.3) is 0 Å². The van der Waals surface area contributed by atoms with E-state index in [-0.39, 0.29) is 22.9 Å². The molecule has 1 amide bonds. The van der Waals surface area contributed by atoms with Gasteiger partial charge in [0.15, 0.2) is 0 Å². The fraction of sp³-hybridized carbons (Fsp3) is 0.278. The van der Waals surface area contributed by atoms with Gasteiger partial charge < -0.3 is 15.8 Å². The van der Waals surface area contributed by atoms with Crippen molar-refractivity contribution in [1.29, 1.82) is 0 Å². The Morgan fingerprint density at radius 1 is 1.15 bits per heavy atom. The average molecular weight is 377 g/mol. The standard InChI is InChI=1S/C18H23N3O4S/c1-18(2,12-19)20-17(22)13-5-4-6-16(11-13)26(23,24)21-14-7-9-15(25-3)10-8-14/h4-11,21H,12,19H2,1-3H3,(H,20,22). The maximum Gasteiger partial charge on any atom is 0.261 e. The minimum Gasteiger partial charge on any atom is -0.497 e. The van der Waals surface area contributed by atoms with Crippen molar-refractivity contribution in [2.45, 2.75) is 24.3 Å². The zero-order valence-electron chi connectivity index (χ0n) is 14.9. The summed E-state index contributed by atoms with van der Waals surface area (Å²) in [4.78, 5) is 12.3. The molecule has 0 aromatic heterocycles. The van der Waals surface area contributed by atoms with Gasteiger partial charge in [-0.05, 0) is 56.3 Å². The summed E-state index contributed by atoms with van der Waals surface area (Å²) in [5, 5.41) is 2.77. The van der Waals surface area contributed by atoms with Gasteiger partial charge in [-0.25, -0.2) is 8.42 Å². The molecule has 0 radical (unpaired) electrons. The van der Waals surface area contributed by atoms with Gasteiger partial charge in [0.25, 0.3) is 15.9 Å². The molecule has 2 aromatic rings. The lowest BCUT2D eigenvalue weighted by atomic mass is 10.1. The van der Waals surface area contributed by atoms with Crippen molar-refractivity contribution in [2.24, 2.45) is 5.73 Å². The maximum absolute atomic E-state index is 12.6. The Morgan fingerprint density at radius 2 is 1.81 bits per heavy atom. The van der Waals surface area contributed by atoms with E-state index in [9.17, 15) is 13.2 Å². The number of anilines is 1. The molecule has 2 rings (SSSR count). The van der Waals surface area contributed by atoms with Crippen molar-refractivity contribution in [3.63, 3.8) is 0 Å². The van der Waals surface area contributed by atoms with E-state index in [0.717, 1.165) is 0 Å². The summed E-state index contributed by atoms with van der Waals surface area (Å²) >= 11 is 0. The van der Waals surface area contributed by atoms with Crippen LogP contribution in [0.2, 0.25) is 0 Å². The van der Waals surface area contributed by atoms with E-state index in [1.807, 2.05) is 0 Å². The molecule has 7 nitrogen and oxygen atoms in total. The van der Waals surface area contributed by atoms with Crippen LogP contribution < -0.4 is 20.5 Å². The molecule has 0 unspecified atom stereocenters. The van der Waals surface area contributed by atoms with Crippen LogP contribution in [0.5, 0.6) is 5.75 Å². The molecule has 2 aromatic carbocycles. The van der Waals surface area contributed by atoms with Crippen molar-refractivity contribution < 1.29 is 17.9 Å². The van der Waals surface area contributed by atoms with Crippen LogP contribution in [-0.2, 0) is 10.0 Å². The monoisotopic (exact) mass is 377 g/mol. The summed E-state index contributed by atoms with van der Waals surface area (Å²) in [5.41, 5.74) is 5.65. The Kier molecular flexibility index (Phi) is 5.89. The van der Waals surface area contributed by atoms with E-state index in [0.29, 0.717) is 11.4 Å². The summed E-state index contributed by atoms with van der Waals surface area (Å²) < 4.78 is 32.7. The highest BCUT2D eigenvalue weighted by atomic mass is 32.2. The molecule has 0 atom stereocenters. The van der Waals surface area contributed by atoms with Gasteiger partial charge in [0.2, 0.25) is 0 Å². The number of hydrogen-bond donors (Lipinski definition) is 3. The lowest BCUT2D eigenvalue weighted by Crippen LogP contribution is -2.48. The molecule has 4 N–H and O–H groups in total. The van der Waals surface area contributed by atoms with Crippen molar-refractivity contribution in [1.82, 2.24) is 5.32 Å². The van der Waals surface area contributed by atoms with E-state index < -0.39 is 15.6 Å². The molecule has 140 valence electrons. The maximum atomic E-state index is 12.6. The van der Waals surface area contributed by atoms with Gasteiger partial charge in [0, 0.05) is 23.3 Å². The van der Waals surface area contributed by atoms with Crippen LogP contribution in [0.4, 0.5) is 5.69 Å².